The third kappa shape index (κ3) is 3.04. The van der Waals surface area contributed by atoms with Gasteiger partial charge in [0.25, 0.3) is 5.56 Å². The molecule has 0 bridgehead atoms. The number of ether oxygens (including phenoxy) is 3. The molecule has 2 aromatic rings. The van der Waals surface area contributed by atoms with Crippen LogP contribution >= 0.6 is 0 Å². The van der Waals surface area contributed by atoms with Crippen molar-refractivity contribution in [3.8, 4) is 29.6 Å². The molecule has 26 heavy (non-hydrogen) atoms. The Morgan fingerprint density at radius 1 is 1.31 bits per heavy atom. The molecule has 0 aliphatic carbocycles. The number of hydrogen-bond donors (Lipinski definition) is 0. The number of nitrogens with zero attached hydrogens (tertiary/aromatic N) is 1. The van der Waals surface area contributed by atoms with E-state index in [1.54, 1.807) is 36.7 Å². The highest BCUT2D eigenvalue weighted by Crippen LogP contribution is 2.39. The average molecular weight is 353 g/mol. The topological polar surface area (TPSA) is 66.8 Å². The fourth-order valence-corrected chi connectivity index (χ4v) is 3.08. The van der Waals surface area contributed by atoms with Gasteiger partial charge >= 0.3 is 5.97 Å². The summed E-state index contributed by atoms with van der Waals surface area (Å²) in [5.74, 6) is 2.91. The quantitative estimate of drug-likeness (QED) is 0.622. The van der Waals surface area contributed by atoms with Crippen LogP contribution in [0.2, 0.25) is 0 Å². The fourth-order valence-electron chi connectivity index (χ4n) is 3.08. The predicted molar refractivity (Wildman–Crippen MR) is 95.8 cm³/mol. The van der Waals surface area contributed by atoms with E-state index in [0.29, 0.717) is 22.8 Å². The second-order valence-corrected chi connectivity index (χ2v) is 6.06. The number of hydrogen-bond acceptors (Lipinski definition) is 5. The van der Waals surface area contributed by atoms with Gasteiger partial charge in [-0.05, 0) is 24.6 Å². The minimum Gasteiger partial charge on any atom is -0.493 e. The predicted octanol–water partition coefficient (Wildman–Crippen LogP) is 2.16. The highest BCUT2D eigenvalue weighted by molar-refractivity contribution is 5.77. The number of methoxy groups -OCH3 is 1. The van der Waals surface area contributed by atoms with Crippen LogP contribution in [0.5, 0.6) is 17.2 Å². The summed E-state index contributed by atoms with van der Waals surface area (Å²) in [5.41, 5.74) is 1.76. The molecule has 0 N–H and O–H groups in total. The van der Waals surface area contributed by atoms with E-state index >= 15 is 0 Å². The molecule has 6 heteroatoms. The number of pyridine rings is 1. The third-order valence-electron chi connectivity index (χ3n) is 4.51. The second-order valence-electron chi connectivity index (χ2n) is 6.06. The summed E-state index contributed by atoms with van der Waals surface area (Å²) >= 11 is 0. The number of carbonyl (C=O) groups excluding carboxylic acids is 1. The highest BCUT2D eigenvalue weighted by atomic mass is 16.5. The molecule has 1 atom stereocenters. The summed E-state index contributed by atoms with van der Waals surface area (Å²) in [7, 11) is 3.23. The molecule has 3 rings (SSSR count). The Bertz CT molecular complexity index is 967. The standard InChI is InChI=1S/C20H19NO5/c1-5-8-25-16-10-13(6-7-15(16)24-4)14-11-18(22)26-17-9-12(2)21(3)20(23)19(14)17/h1,6-7,9-10,14H,8,11H2,2-4H3/t14-/m1/s1. The van der Waals surface area contributed by atoms with Crippen molar-refractivity contribution in [3.63, 3.8) is 0 Å². The van der Waals surface area contributed by atoms with Crippen LogP contribution in [0.15, 0.2) is 29.1 Å². The monoisotopic (exact) mass is 353 g/mol. The van der Waals surface area contributed by atoms with Crippen LogP contribution in [-0.4, -0.2) is 24.3 Å². The van der Waals surface area contributed by atoms with Crippen molar-refractivity contribution in [1.82, 2.24) is 4.57 Å². The zero-order valence-electron chi connectivity index (χ0n) is 14.9. The lowest BCUT2D eigenvalue weighted by Crippen LogP contribution is -2.32. The number of carbonyl (C=O) groups is 1. The van der Waals surface area contributed by atoms with Gasteiger partial charge in [0, 0.05) is 24.7 Å². The highest BCUT2D eigenvalue weighted by Gasteiger charge is 2.32. The molecule has 0 saturated carbocycles. The number of rotatable bonds is 4. The molecule has 0 unspecified atom stereocenters. The van der Waals surface area contributed by atoms with Gasteiger partial charge in [-0.3, -0.25) is 9.59 Å². The van der Waals surface area contributed by atoms with Crippen LogP contribution < -0.4 is 19.8 Å². The Balaban J connectivity index is 2.14. The van der Waals surface area contributed by atoms with E-state index in [4.69, 9.17) is 20.6 Å². The Hall–Kier alpha value is -3.20. The number of aromatic nitrogens is 1. The van der Waals surface area contributed by atoms with E-state index in [1.165, 1.54) is 7.11 Å². The first-order valence-corrected chi connectivity index (χ1v) is 8.11. The van der Waals surface area contributed by atoms with Gasteiger partial charge in [-0.1, -0.05) is 12.0 Å². The molecule has 0 amide bonds. The van der Waals surface area contributed by atoms with Crippen LogP contribution in [0.25, 0.3) is 0 Å². The Morgan fingerprint density at radius 3 is 2.77 bits per heavy atom. The van der Waals surface area contributed by atoms with Crippen molar-refractivity contribution in [2.45, 2.75) is 19.3 Å². The minimum atomic E-state index is -0.426. The smallest absolute Gasteiger partial charge is 0.312 e. The molecule has 0 fully saturated rings. The summed E-state index contributed by atoms with van der Waals surface area (Å²) in [6.45, 7) is 1.88. The van der Waals surface area contributed by atoms with E-state index in [2.05, 4.69) is 5.92 Å². The second kappa shape index (κ2) is 6.96. The summed E-state index contributed by atoms with van der Waals surface area (Å²) in [4.78, 5) is 24.9. The van der Waals surface area contributed by atoms with E-state index in [9.17, 15) is 9.59 Å². The van der Waals surface area contributed by atoms with Gasteiger partial charge in [0.1, 0.15) is 12.4 Å². The number of terminal acetylenes is 1. The third-order valence-corrected chi connectivity index (χ3v) is 4.51. The maximum atomic E-state index is 12.8. The molecular formula is C20H19NO5. The van der Waals surface area contributed by atoms with Crippen molar-refractivity contribution < 1.29 is 19.0 Å². The maximum absolute atomic E-state index is 12.8. The Labute approximate surface area is 151 Å². The van der Waals surface area contributed by atoms with Crippen molar-refractivity contribution >= 4 is 5.97 Å². The average Bonchev–Trinajstić information content (AvgIpc) is 2.63. The summed E-state index contributed by atoms with van der Waals surface area (Å²) in [6.07, 6.45) is 5.34. The van der Waals surface area contributed by atoms with Crippen molar-refractivity contribution in [2.75, 3.05) is 13.7 Å². The van der Waals surface area contributed by atoms with Gasteiger partial charge < -0.3 is 18.8 Å². The molecule has 2 heterocycles. The largest absolute Gasteiger partial charge is 0.493 e. The molecular weight excluding hydrogens is 334 g/mol. The number of fused-ring (bicyclic) bond motifs is 1. The van der Waals surface area contributed by atoms with Crippen LogP contribution in [0.4, 0.5) is 0 Å². The van der Waals surface area contributed by atoms with Gasteiger partial charge in [0.05, 0.1) is 19.1 Å². The molecule has 1 aliphatic heterocycles. The van der Waals surface area contributed by atoms with Crippen molar-refractivity contribution in [3.05, 3.63) is 51.4 Å². The molecule has 0 radical (unpaired) electrons. The van der Waals surface area contributed by atoms with Gasteiger partial charge in [0.2, 0.25) is 0 Å². The zero-order valence-corrected chi connectivity index (χ0v) is 14.9. The SMILES string of the molecule is C#CCOc1cc([C@H]2CC(=O)Oc3cc(C)n(C)c(=O)c32)ccc1OC. The molecule has 134 valence electrons. The van der Waals surface area contributed by atoms with Crippen LogP contribution in [0, 0.1) is 19.3 Å². The normalized spacial score (nSPS) is 15.6. The Morgan fingerprint density at radius 2 is 2.08 bits per heavy atom. The summed E-state index contributed by atoms with van der Waals surface area (Å²) in [5, 5.41) is 0. The van der Waals surface area contributed by atoms with E-state index in [-0.39, 0.29) is 24.6 Å². The first-order chi connectivity index (χ1) is 12.5. The van der Waals surface area contributed by atoms with Gasteiger partial charge in [-0.15, -0.1) is 6.42 Å². The zero-order chi connectivity index (χ0) is 18.8. The minimum absolute atomic E-state index is 0.0756. The van der Waals surface area contributed by atoms with Gasteiger partial charge in [-0.25, -0.2) is 0 Å². The van der Waals surface area contributed by atoms with Crippen LogP contribution in [0.3, 0.4) is 0 Å². The molecule has 0 spiro atoms. The lowest BCUT2D eigenvalue weighted by molar-refractivity contribution is -0.135. The number of esters is 1. The Kier molecular flexibility index (Phi) is 4.72. The lowest BCUT2D eigenvalue weighted by atomic mass is 9.86. The maximum Gasteiger partial charge on any atom is 0.312 e. The van der Waals surface area contributed by atoms with Crippen molar-refractivity contribution in [2.24, 2.45) is 7.05 Å². The molecule has 0 saturated heterocycles. The molecule has 1 aromatic carbocycles. The van der Waals surface area contributed by atoms with E-state index in [0.717, 1.165) is 11.3 Å². The van der Waals surface area contributed by atoms with Gasteiger partial charge in [0.15, 0.2) is 11.5 Å². The van der Waals surface area contributed by atoms with E-state index in [1.807, 2.05) is 6.07 Å². The fraction of sp³-hybridized carbons (Fsp3) is 0.300. The summed E-state index contributed by atoms with van der Waals surface area (Å²) < 4.78 is 17.7. The van der Waals surface area contributed by atoms with E-state index < -0.39 is 5.92 Å². The van der Waals surface area contributed by atoms with Crippen LogP contribution in [-0.2, 0) is 11.8 Å². The van der Waals surface area contributed by atoms with Gasteiger partial charge in [-0.2, -0.15) is 0 Å². The molecule has 1 aromatic heterocycles. The number of aryl methyl sites for hydroxylation is 1. The lowest BCUT2D eigenvalue weighted by Gasteiger charge is -2.26. The molecule has 1 aliphatic rings. The van der Waals surface area contributed by atoms with Crippen molar-refractivity contribution in [1.29, 1.82) is 0 Å². The van der Waals surface area contributed by atoms with Crippen LogP contribution in [0.1, 0.15) is 29.2 Å². The first kappa shape index (κ1) is 17.6. The molecule has 6 nitrogen and oxygen atoms in total. The first-order valence-electron chi connectivity index (χ1n) is 8.11. The number of benzene rings is 1. The summed E-state index contributed by atoms with van der Waals surface area (Å²) in [6, 6.07) is 7.01.